The van der Waals surface area contributed by atoms with E-state index in [-0.39, 0.29) is 0 Å². The van der Waals surface area contributed by atoms with Gasteiger partial charge in [-0.05, 0) is 102 Å². The molecule has 0 fully saturated rings. The van der Waals surface area contributed by atoms with E-state index in [1.165, 1.54) is 76.1 Å². The van der Waals surface area contributed by atoms with Crippen LogP contribution in [0.4, 0.5) is 0 Å². The van der Waals surface area contributed by atoms with Crippen molar-refractivity contribution in [1.82, 2.24) is 15.0 Å². The van der Waals surface area contributed by atoms with Gasteiger partial charge in [-0.1, -0.05) is 140 Å². The number of aromatic nitrogens is 3. The van der Waals surface area contributed by atoms with Crippen LogP contribution in [-0.4, -0.2) is 15.0 Å². The molecule has 3 heterocycles. The van der Waals surface area contributed by atoms with Crippen molar-refractivity contribution in [3.05, 3.63) is 188 Å². The second-order valence-corrected chi connectivity index (χ2v) is 14.7. The molecular weight excluding hydrogens is 679 g/mol. The molecule has 0 saturated carbocycles. The lowest BCUT2D eigenvalue weighted by molar-refractivity contribution is 1.37. The molecule has 3 heteroatoms. The SMILES string of the molecule is c1cc(-c2ccc3c(ccc4cc(-c5cc6cccnc6c6ncccc56)ccc43)c2)cc(-c2nc3c4ccccc4c4ccccc4c3c3ccccc23)c1. The first-order chi connectivity index (χ1) is 27.8. The summed E-state index contributed by atoms with van der Waals surface area (Å²) >= 11 is 0. The van der Waals surface area contributed by atoms with Gasteiger partial charge < -0.3 is 0 Å². The number of hydrogen-bond donors (Lipinski definition) is 0. The van der Waals surface area contributed by atoms with E-state index in [4.69, 9.17) is 9.97 Å². The molecule has 0 radical (unpaired) electrons. The molecule has 0 aliphatic carbocycles. The fourth-order valence-electron chi connectivity index (χ4n) is 9.09. The number of hydrogen-bond acceptors (Lipinski definition) is 3. The molecule has 0 amide bonds. The maximum Gasteiger partial charge on any atom is 0.0970 e. The Labute approximate surface area is 322 Å². The maximum atomic E-state index is 5.52. The fourth-order valence-corrected chi connectivity index (χ4v) is 9.09. The van der Waals surface area contributed by atoms with Gasteiger partial charge in [0.15, 0.2) is 0 Å². The lowest BCUT2D eigenvalue weighted by Gasteiger charge is -2.15. The van der Waals surface area contributed by atoms with Crippen molar-refractivity contribution in [2.75, 3.05) is 0 Å². The number of nitrogens with zero attached hydrogens (tertiary/aromatic N) is 3. The monoisotopic (exact) mass is 709 g/mol. The van der Waals surface area contributed by atoms with E-state index < -0.39 is 0 Å². The molecular formula is C53H31N3. The molecule has 9 aromatic carbocycles. The van der Waals surface area contributed by atoms with Gasteiger partial charge in [0.25, 0.3) is 0 Å². The molecule has 56 heavy (non-hydrogen) atoms. The first kappa shape index (κ1) is 30.9. The highest BCUT2D eigenvalue weighted by atomic mass is 14.7. The highest BCUT2D eigenvalue weighted by molar-refractivity contribution is 6.31. The average molecular weight is 710 g/mol. The van der Waals surface area contributed by atoms with E-state index in [2.05, 4.69) is 169 Å². The lowest BCUT2D eigenvalue weighted by atomic mass is 9.91. The highest BCUT2D eigenvalue weighted by Gasteiger charge is 2.17. The maximum absolute atomic E-state index is 5.52. The summed E-state index contributed by atoms with van der Waals surface area (Å²) in [6.45, 7) is 0. The van der Waals surface area contributed by atoms with Crippen molar-refractivity contribution in [3.8, 4) is 33.5 Å². The largest absolute Gasteiger partial charge is 0.254 e. The first-order valence-corrected chi connectivity index (χ1v) is 19.1. The van der Waals surface area contributed by atoms with Crippen molar-refractivity contribution >= 4 is 86.6 Å². The molecule has 0 aliphatic rings. The van der Waals surface area contributed by atoms with Gasteiger partial charge in [-0.15, -0.1) is 0 Å². The Morgan fingerprint density at radius 1 is 0.286 bits per heavy atom. The van der Waals surface area contributed by atoms with Crippen LogP contribution in [0.2, 0.25) is 0 Å². The zero-order chi connectivity index (χ0) is 36.7. The summed E-state index contributed by atoms with van der Waals surface area (Å²) in [5, 5.41) is 15.6. The molecule has 3 nitrogen and oxygen atoms in total. The van der Waals surface area contributed by atoms with Crippen LogP contribution >= 0.6 is 0 Å². The van der Waals surface area contributed by atoms with Gasteiger partial charge in [0.1, 0.15) is 0 Å². The third kappa shape index (κ3) is 4.61. The van der Waals surface area contributed by atoms with Crippen LogP contribution in [0.5, 0.6) is 0 Å². The molecule has 0 N–H and O–H groups in total. The van der Waals surface area contributed by atoms with Crippen LogP contribution in [-0.2, 0) is 0 Å². The molecule has 0 atom stereocenters. The zero-order valence-corrected chi connectivity index (χ0v) is 30.2. The van der Waals surface area contributed by atoms with Crippen molar-refractivity contribution in [2.45, 2.75) is 0 Å². The van der Waals surface area contributed by atoms with Gasteiger partial charge in [-0.2, -0.15) is 0 Å². The Bertz CT molecular complexity index is 3600. The van der Waals surface area contributed by atoms with Gasteiger partial charge in [0.2, 0.25) is 0 Å². The minimum atomic E-state index is 0.933. The molecule has 0 aliphatic heterocycles. The van der Waals surface area contributed by atoms with E-state index in [1.54, 1.807) is 0 Å². The molecule has 3 aromatic heterocycles. The molecule has 0 saturated heterocycles. The van der Waals surface area contributed by atoms with Crippen LogP contribution in [0.25, 0.3) is 120 Å². The standard InChI is InChI=1S/C53H31N3/c1-3-15-43-41(13-1)42-14-2-5-17-45(42)52-49(43)44-16-4-6-18-46(44)50(56-52)37-11-7-10-32(29-37)33-22-24-39-34(28-33)20-21-35-30-36(23-25-40(35)39)48-31-38-12-8-26-54-51(38)53-47(48)19-9-27-55-53/h1-31H. The first-order valence-electron chi connectivity index (χ1n) is 19.1. The molecule has 258 valence electrons. The molecule has 0 spiro atoms. The summed E-state index contributed by atoms with van der Waals surface area (Å²) in [5.41, 5.74) is 9.71. The Balaban J connectivity index is 0.980. The van der Waals surface area contributed by atoms with Gasteiger partial charge >= 0.3 is 0 Å². The van der Waals surface area contributed by atoms with E-state index in [0.717, 1.165) is 44.0 Å². The summed E-state index contributed by atoms with van der Waals surface area (Å²) in [6.07, 6.45) is 3.69. The second-order valence-electron chi connectivity index (χ2n) is 14.7. The van der Waals surface area contributed by atoms with Gasteiger partial charge in [0, 0.05) is 44.9 Å². The van der Waals surface area contributed by atoms with E-state index in [9.17, 15) is 0 Å². The van der Waals surface area contributed by atoms with Crippen molar-refractivity contribution in [3.63, 3.8) is 0 Å². The summed E-state index contributed by atoms with van der Waals surface area (Å²) in [7, 11) is 0. The van der Waals surface area contributed by atoms with Crippen molar-refractivity contribution < 1.29 is 0 Å². The molecule has 0 bridgehead atoms. The van der Waals surface area contributed by atoms with Crippen molar-refractivity contribution in [2.24, 2.45) is 0 Å². The normalized spacial score (nSPS) is 11.9. The summed E-state index contributed by atoms with van der Waals surface area (Å²) in [5.74, 6) is 0. The number of fused-ring (bicyclic) bond motifs is 14. The van der Waals surface area contributed by atoms with Crippen LogP contribution in [0.3, 0.4) is 0 Å². The van der Waals surface area contributed by atoms with Gasteiger partial charge in [-0.25, -0.2) is 4.98 Å². The second kappa shape index (κ2) is 12.0. The van der Waals surface area contributed by atoms with Crippen LogP contribution < -0.4 is 0 Å². The number of benzene rings is 9. The third-order valence-corrected chi connectivity index (χ3v) is 11.7. The third-order valence-electron chi connectivity index (χ3n) is 11.7. The quantitative estimate of drug-likeness (QED) is 0.171. The van der Waals surface area contributed by atoms with Crippen LogP contribution in [0, 0.1) is 0 Å². The summed E-state index contributed by atoms with van der Waals surface area (Å²) < 4.78 is 0. The summed E-state index contributed by atoms with van der Waals surface area (Å²) in [6, 6.07) is 63.7. The summed E-state index contributed by atoms with van der Waals surface area (Å²) in [4.78, 5) is 14.9. The average Bonchev–Trinajstić information content (AvgIpc) is 3.28. The molecule has 0 unspecified atom stereocenters. The molecule has 12 aromatic rings. The van der Waals surface area contributed by atoms with Crippen molar-refractivity contribution in [1.29, 1.82) is 0 Å². The predicted molar refractivity (Wildman–Crippen MR) is 236 cm³/mol. The zero-order valence-electron chi connectivity index (χ0n) is 30.2. The lowest BCUT2D eigenvalue weighted by Crippen LogP contribution is -1.93. The predicted octanol–water partition coefficient (Wildman–Crippen LogP) is 14.1. The smallest absolute Gasteiger partial charge is 0.0970 e. The minimum Gasteiger partial charge on any atom is -0.254 e. The highest BCUT2D eigenvalue weighted by Crippen LogP contribution is 2.42. The van der Waals surface area contributed by atoms with Gasteiger partial charge in [-0.3, -0.25) is 9.97 Å². The van der Waals surface area contributed by atoms with E-state index in [0.29, 0.717) is 0 Å². The Hall–Kier alpha value is -7.49. The van der Waals surface area contributed by atoms with E-state index >= 15 is 0 Å². The number of rotatable bonds is 3. The van der Waals surface area contributed by atoms with Gasteiger partial charge in [0.05, 0.1) is 22.2 Å². The Kier molecular flexibility index (Phi) is 6.63. The van der Waals surface area contributed by atoms with Crippen LogP contribution in [0.1, 0.15) is 0 Å². The Morgan fingerprint density at radius 3 is 1.64 bits per heavy atom. The van der Waals surface area contributed by atoms with Crippen LogP contribution in [0.15, 0.2) is 188 Å². The molecule has 12 rings (SSSR count). The minimum absolute atomic E-state index is 0.933. The number of pyridine rings is 3. The fraction of sp³-hybridized carbons (Fsp3) is 0. The Morgan fingerprint density at radius 2 is 0.857 bits per heavy atom. The topological polar surface area (TPSA) is 38.7 Å². The van der Waals surface area contributed by atoms with E-state index in [1.807, 2.05) is 24.5 Å².